The summed E-state index contributed by atoms with van der Waals surface area (Å²) in [6.45, 7) is 0.194. The Morgan fingerprint density at radius 3 is 2.63 bits per heavy atom. The van der Waals surface area contributed by atoms with Crippen LogP contribution < -0.4 is 5.32 Å². The third-order valence-electron chi connectivity index (χ3n) is 3.44. The highest BCUT2D eigenvalue weighted by Crippen LogP contribution is 2.22. The minimum Gasteiger partial charge on any atom is -0.481 e. The Balaban J connectivity index is 1.88. The molecule has 0 unspecified atom stereocenters. The number of benzene rings is 1. The third-order valence-corrected chi connectivity index (χ3v) is 3.44. The van der Waals surface area contributed by atoms with E-state index in [4.69, 9.17) is 5.11 Å². The Hall–Kier alpha value is -1.84. The minimum absolute atomic E-state index is 0.0318. The summed E-state index contributed by atoms with van der Waals surface area (Å²) in [6.07, 6.45) is 5.01. The van der Waals surface area contributed by atoms with Crippen LogP contribution in [0, 0.1) is 0 Å². The summed E-state index contributed by atoms with van der Waals surface area (Å²) >= 11 is 0. The molecule has 2 N–H and O–H groups in total. The van der Waals surface area contributed by atoms with Crippen LogP contribution in [-0.2, 0) is 28.9 Å². The molecule has 0 bridgehead atoms. The predicted molar refractivity (Wildman–Crippen MR) is 72.1 cm³/mol. The molecular weight excluding hydrogens is 242 g/mol. The summed E-state index contributed by atoms with van der Waals surface area (Å²) in [7, 11) is 0. The van der Waals surface area contributed by atoms with E-state index in [1.54, 1.807) is 0 Å². The second-order valence-corrected chi connectivity index (χ2v) is 4.98. The van der Waals surface area contributed by atoms with Crippen molar-refractivity contribution in [3.63, 3.8) is 0 Å². The Labute approximate surface area is 112 Å². The molecule has 1 aliphatic carbocycles. The van der Waals surface area contributed by atoms with Crippen molar-refractivity contribution in [1.82, 2.24) is 5.32 Å². The fraction of sp³-hybridized carbons (Fsp3) is 0.467. The lowest BCUT2D eigenvalue weighted by molar-refractivity contribution is -0.136. The van der Waals surface area contributed by atoms with Crippen molar-refractivity contribution in [2.24, 2.45) is 0 Å². The topological polar surface area (TPSA) is 66.4 Å². The molecular formula is C15H19NO3. The highest BCUT2D eigenvalue weighted by atomic mass is 16.4. The smallest absolute Gasteiger partial charge is 0.305 e. The van der Waals surface area contributed by atoms with Crippen molar-refractivity contribution in [3.05, 3.63) is 34.9 Å². The molecule has 102 valence electrons. The van der Waals surface area contributed by atoms with E-state index in [0.717, 1.165) is 18.4 Å². The molecule has 0 atom stereocenters. The molecule has 1 aliphatic rings. The van der Waals surface area contributed by atoms with Crippen molar-refractivity contribution in [2.45, 2.75) is 38.5 Å². The Morgan fingerprint density at radius 2 is 1.89 bits per heavy atom. The molecule has 4 heteroatoms. The lowest BCUT2D eigenvalue weighted by Gasteiger charge is -2.16. The largest absolute Gasteiger partial charge is 0.481 e. The average molecular weight is 261 g/mol. The molecule has 19 heavy (non-hydrogen) atoms. The van der Waals surface area contributed by atoms with E-state index < -0.39 is 5.97 Å². The molecule has 4 nitrogen and oxygen atoms in total. The summed E-state index contributed by atoms with van der Waals surface area (Å²) < 4.78 is 0. The summed E-state index contributed by atoms with van der Waals surface area (Å²) in [5.41, 5.74) is 3.77. The second-order valence-electron chi connectivity index (χ2n) is 4.98. The van der Waals surface area contributed by atoms with Crippen LogP contribution in [0.15, 0.2) is 18.2 Å². The molecule has 0 aliphatic heterocycles. The third kappa shape index (κ3) is 4.09. The van der Waals surface area contributed by atoms with Crippen LogP contribution >= 0.6 is 0 Å². The Kier molecular flexibility index (Phi) is 4.55. The van der Waals surface area contributed by atoms with Crippen LogP contribution in [0.3, 0.4) is 0 Å². The Morgan fingerprint density at radius 1 is 1.16 bits per heavy atom. The van der Waals surface area contributed by atoms with Crippen LogP contribution in [0.2, 0.25) is 0 Å². The second kappa shape index (κ2) is 6.36. The first kappa shape index (κ1) is 13.6. The van der Waals surface area contributed by atoms with Crippen LogP contribution in [-0.4, -0.2) is 23.5 Å². The number of carbonyl (C=O) groups excluding carboxylic acids is 1. The first-order valence-electron chi connectivity index (χ1n) is 6.74. The maximum Gasteiger partial charge on any atom is 0.305 e. The number of nitrogens with one attached hydrogen (secondary N) is 1. The van der Waals surface area contributed by atoms with Gasteiger partial charge in [0.25, 0.3) is 0 Å². The van der Waals surface area contributed by atoms with E-state index in [0.29, 0.717) is 6.42 Å². The zero-order valence-corrected chi connectivity index (χ0v) is 10.9. The molecule has 0 fully saturated rings. The van der Waals surface area contributed by atoms with E-state index in [1.807, 2.05) is 6.07 Å². The van der Waals surface area contributed by atoms with Crippen LogP contribution in [0.5, 0.6) is 0 Å². The summed E-state index contributed by atoms with van der Waals surface area (Å²) in [5, 5.41) is 11.1. The van der Waals surface area contributed by atoms with E-state index >= 15 is 0 Å². The van der Waals surface area contributed by atoms with Gasteiger partial charge in [0.05, 0.1) is 12.8 Å². The van der Waals surface area contributed by atoms with Gasteiger partial charge in [-0.3, -0.25) is 9.59 Å². The number of carboxylic acid groups (broad SMARTS) is 1. The molecule has 2 rings (SSSR count). The first-order chi connectivity index (χ1) is 9.15. The first-order valence-corrected chi connectivity index (χ1v) is 6.74. The number of fused-ring (bicyclic) bond motifs is 1. The molecule has 0 spiro atoms. The number of aryl methyl sites for hydroxylation is 2. The molecule has 0 aromatic heterocycles. The van der Waals surface area contributed by atoms with Gasteiger partial charge in [0.15, 0.2) is 0 Å². The number of carboxylic acids is 1. The zero-order chi connectivity index (χ0) is 13.7. The zero-order valence-electron chi connectivity index (χ0n) is 10.9. The number of hydrogen-bond acceptors (Lipinski definition) is 2. The van der Waals surface area contributed by atoms with Crippen LogP contribution in [0.4, 0.5) is 0 Å². The summed E-state index contributed by atoms with van der Waals surface area (Å²) in [6, 6.07) is 6.24. The molecule has 0 radical (unpaired) electrons. The standard InChI is InChI=1S/C15H19NO3/c17-14(16-8-7-15(18)19)10-11-5-6-12-3-1-2-4-13(12)9-11/h5-6,9H,1-4,7-8,10H2,(H,16,17)(H,18,19). The van der Waals surface area contributed by atoms with Gasteiger partial charge >= 0.3 is 5.97 Å². The van der Waals surface area contributed by atoms with Gasteiger partial charge in [-0.1, -0.05) is 18.2 Å². The molecule has 0 heterocycles. The van der Waals surface area contributed by atoms with Crippen molar-refractivity contribution in [3.8, 4) is 0 Å². The van der Waals surface area contributed by atoms with Crippen molar-refractivity contribution in [1.29, 1.82) is 0 Å². The molecule has 1 aromatic carbocycles. The van der Waals surface area contributed by atoms with Crippen molar-refractivity contribution < 1.29 is 14.7 Å². The Bertz CT molecular complexity index is 482. The SMILES string of the molecule is O=C(O)CCNC(=O)Cc1ccc2c(c1)CCCC2. The van der Waals surface area contributed by atoms with Gasteiger partial charge in [0.2, 0.25) is 5.91 Å². The van der Waals surface area contributed by atoms with Gasteiger partial charge in [-0.2, -0.15) is 0 Å². The van der Waals surface area contributed by atoms with Gasteiger partial charge in [-0.15, -0.1) is 0 Å². The van der Waals surface area contributed by atoms with E-state index in [1.165, 1.54) is 24.0 Å². The average Bonchev–Trinajstić information content (AvgIpc) is 2.38. The minimum atomic E-state index is -0.894. The van der Waals surface area contributed by atoms with Gasteiger partial charge in [-0.25, -0.2) is 0 Å². The monoisotopic (exact) mass is 261 g/mol. The number of aliphatic carboxylic acids is 1. The number of rotatable bonds is 5. The maximum absolute atomic E-state index is 11.7. The predicted octanol–water partition coefficient (Wildman–Crippen LogP) is 1.70. The van der Waals surface area contributed by atoms with E-state index in [-0.39, 0.29) is 18.9 Å². The lowest BCUT2D eigenvalue weighted by Crippen LogP contribution is -2.27. The highest BCUT2D eigenvalue weighted by Gasteiger charge is 2.11. The quantitative estimate of drug-likeness (QED) is 0.847. The molecule has 1 amide bonds. The fourth-order valence-electron chi connectivity index (χ4n) is 2.45. The van der Waals surface area contributed by atoms with Crippen LogP contribution in [0.1, 0.15) is 36.0 Å². The normalized spacial score (nSPS) is 13.7. The summed E-state index contributed by atoms with van der Waals surface area (Å²) in [4.78, 5) is 22.0. The molecule has 0 saturated carbocycles. The van der Waals surface area contributed by atoms with E-state index in [2.05, 4.69) is 17.4 Å². The summed E-state index contributed by atoms with van der Waals surface area (Å²) in [5.74, 6) is -1.01. The van der Waals surface area contributed by atoms with Gasteiger partial charge in [-0.05, 0) is 42.4 Å². The number of amides is 1. The van der Waals surface area contributed by atoms with Crippen molar-refractivity contribution in [2.75, 3.05) is 6.54 Å². The van der Waals surface area contributed by atoms with Crippen molar-refractivity contribution >= 4 is 11.9 Å². The number of hydrogen-bond donors (Lipinski definition) is 2. The van der Waals surface area contributed by atoms with Gasteiger partial charge < -0.3 is 10.4 Å². The van der Waals surface area contributed by atoms with Gasteiger partial charge in [0, 0.05) is 6.54 Å². The fourth-order valence-corrected chi connectivity index (χ4v) is 2.45. The number of carbonyl (C=O) groups is 2. The molecule has 0 saturated heterocycles. The lowest BCUT2D eigenvalue weighted by atomic mass is 9.90. The van der Waals surface area contributed by atoms with E-state index in [9.17, 15) is 9.59 Å². The maximum atomic E-state index is 11.7. The van der Waals surface area contributed by atoms with Gasteiger partial charge in [0.1, 0.15) is 0 Å². The molecule has 1 aromatic rings. The van der Waals surface area contributed by atoms with Crippen LogP contribution in [0.25, 0.3) is 0 Å². The highest BCUT2D eigenvalue weighted by molar-refractivity contribution is 5.79.